The van der Waals surface area contributed by atoms with Crippen molar-refractivity contribution in [2.24, 2.45) is 11.3 Å². The third-order valence-electron chi connectivity index (χ3n) is 8.14. The van der Waals surface area contributed by atoms with Crippen LogP contribution in [0.5, 0.6) is 5.75 Å². The maximum atomic E-state index is 11.7. The second-order valence-corrected chi connectivity index (χ2v) is 10.6. The highest BCUT2D eigenvalue weighted by atomic mass is 35.5. The normalized spacial score (nSPS) is 28.8. The number of hydrogen-bond acceptors (Lipinski definition) is 4. The zero-order chi connectivity index (χ0) is 22.5. The summed E-state index contributed by atoms with van der Waals surface area (Å²) in [6.07, 6.45) is 5.19. The molecule has 1 spiro atoms. The highest BCUT2D eigenvalue weighted by Gasteiger charge is 2.46. The molecule has 2 aromatic carbocycles. The number of ether oxygens (including phenoxy) is 1. The van der Waals surface area contributed by atoms with Crippen molar-refractivity contribution < 1.29 is 19.7 Å². The molecule has 0 bridgehead atoms. The second-order valence-electron chi connectivity index (χ2n) is 10.1. The first-order chi connectivity index (χ1) is 15.3. The molecule has 2 aromatic rings. The van der Waals surface area contributed by atoms with Gasteiger partial charge in [-0.1, -0.05) is 24.6 Å². The van der Waals surface area contributed by atoms with Gasteiger partial charge >= 0.3 is 5.97 Å². The minimum Gasteiger partial charge on any atom is -0.490 e. The number of halogens is 1. The summed E-state index contributed by atoms with van der Waals surface area (Å²) in [5.74, 6) is 0.156. The molecule has 32 heavy (non-hydrogen) atoms. The van der Waals surface area contributed by atoms with Gasteiger partial charge in [0.05, 0.1) is 17.9 Å². The number of nitrogens with zero attached hydrogens (tertiary/aromatic N) is 1. The molecule has 3 atom stereocenters. The van der Waals surface area contributed by atoms with Crippen molar-refractivity contribution in [3.63, 3.8) is 0 Å². The lowest BCUT2D eigenvalue weighted by Gasteiger charge is -2.49. The molecule has 1 heterocycles. The summed E-state index contributed by atoms with van der Waals surface area (Å²) in [5.41, 5.74) is 3.43. The van der Waals surface area contributed by atoms with Crippen molar-refractivity contribution >= 4 is 23.3 Å². The van der Waals surface area contributed by atoms with Gasteiger partial charge in [0, 0.05) is 30.1 Å². The molecule has 5 rings (SSSR count). The monoisotopic (exact) mass is 455 g/mol. The van der Waals surface area contributed by atoms with E-state index < -0.39 is 5.97 Å². The number of carboxylic acids is 1. The third kappa shape index (κ3) is 3.56. The molecule has 0 saturated heterocycles. The largest absolute Gasteiger partial charge is 0.490 e. The van der Waals surface area contributed by atoms with Gasteiger partial charge in [0.2, 0.25) is 0 Å². The minimum absolute atomic E-state index is 0.0805. The molecule has 0 amide bonds. The van der Waals surface area contributed by atoms with Crippen LogP contribution in [0.3, 0.4) is 0 Å². The quantitative estimate of drug-likeness (QED) is 0.684. The smallest absolute Gasteiger partial charge is 0.335 e. The Morgan fingerprint density at radius 1 is 1.25 bits per heavy atom. The molecule has 0 radical (unpaired) electrons. The van der Waals surface area contributed by atoms with E-state index in [1.165, 1.54) is 11.1 Å². The Morgan fingerprint density at radius 2 is 2.09 bits per heavy atom. The van der Waals surface area contributed by atoms with Gasteiger partial charge in [-0.15, -0.1) is 0 Å². The number of carbonyl (C=O) groups is 1. The summed E-state index contributed by atoms with van der Waals surface area (Å²) < 4.78 is 6.39. The lowest BCUT2D eigenvalue weighted by molar-refractivity contribution is -0.00580. The molecule has 1 aliphatic heterocycles. The fourth-order valence-corrected chi connectivity index (χ4v) is 6.07. The molecule has 1 fully saturated rings. The first-order valence-corrected chi connectivity index (χ1v) is 11.9. The van der Waals surface area contributed by atoms with Gasteiger partial charge < -0.3 is 19.8 Å². The van der Waals surface area contributed by atoms with Gasteiger partial charge in [-0.05, 0) is 84.9 Å². The van der Waals surface area contributed by atoms with Crippen LogP contribution in [0.25, 0.3) is 0 Å². The maximum absolute atomic E-state index is 11.7. The predicted octanol–water partition coefficient (Wildman–Crippen LogP) is 4.92. The summed E-state index contributed by atoms with van der Waals surface area (Å²) in [6, 6.07) is 11.4. The lowest BCUT2D eigenvalue weighted by Crippen LogP contribution is -2.51. The SMILES string of the molecule is C[C@]1(CO)CC[C@@H]1CN1CC2(CCCc3cc(Cl)ccc32)COc2ccc(C(=O)O)cc21. The molecular weight excluding hydrogens is 426 g/mol. The first-order valence-electron chi connectivity index (χ1n) is 11.5. The van der Waals surface area contributed by atoms with Crippen LogP contribution in [0.15, 0.2) is 36.4 Å². The standard InChI is InChI=1S/C26H30ClNO4/c1-25(15-29)10-8-19(25)13-28-14-26(9-2-3-17-11-20(27)5-6-21(17)26)16-32-23-7-4-18(24(30)31)12-22(23)28/h4-7,11-12,19,29H,2-3,8-10,13-16H2,1H3,(H,30,31)/t19-,25-,26?/m1/s1. The Hall–Kier alpha value is -2.24. The molecule has 1 unspecified atom stereocenters. The third-order valence-corrected chi connectivity index (χ3v) is 8.37. The van der Waals surface area contributed by atoms with Crippen LogP contribution < -0.4 is 9.64 Å². The second kappa shape index (κ2) is 7.96. The van der Waals surface area contributed by atoms with E-state index in [1.54, 1.807) is 18.2 Å². The molecule has 5 nitrogen and oxygen atoms in total. The van der Waals surface area contributed by atoms with E-state index in [9.17, 15) is 15.0 Å². The number of rotatable bonds is 4. The van der Waals surface area contributed by atoms with E-state index >= 15 is 0 Å². The maximum Gasteiger partial charge on any atom is 0.335 e. The summed E-state index contributed by atoms with van der Waals surface area (Å²) in [5, 5.41) is 20.3. The number of aliphatic hydroxyl groups excluding tert-OH is 1. The number of carboxylic acid groups (broad SMARTS) is 1. The Bertz CT molecular complexity index is 1050. The van der Waals surface area contributed by atoms with Crippen molar-refractivity contribution in [1.82, 2.24) is 0 Å². The van der Waals surface area contributed by atoms with E-state index in [1.807, 2.05) is 6.07 Å². The highest BCUT2D eigenvalue weighted by Crippen LogP contribution is 2.49. The van der Waals surface area contributed by atoms with E-state index in [0.717, 1.165) is 61.7 Å². The van der Waals surface area contributed by atoms with Crippen LogP contribution in [0.2, 0.25) is 5.02 Å². The fraction of sp³-hybridized carbons (Fsp3) is 0.500. The minimum atomic E-state index is -0.937. The van der Waals surface area contributed by atoms with E-state index in [2.05, 4.69) is 24.0 Å². The van der Waals surface area contributed by atoms with Gasteiger partial charge in [0.25, 0.3) is 0 Å². The van der Waals surface area contributed by atoms with Gasteiger partial charge in [0.1, 0.15) is 5.75 Å². The Labute approximate surface area is 194 Å². The van der Waals surface area contributed by atoms with Crippen molar-refractivity contribution in [1.29, 1.82) is 0 Å². The molecule has 2 N–H and O–H groups in total. The molecule has 0 aromatic heterocycles. The molecule has 1 saturated carbocycles. The predicted molar refractivity (Wildman–Crippen MR) is 125 cm³/mol. The topological polar surface area (TPSA) is 70.0 Å². The summed E-state index contributed by atoms with van der Waals surface area (Å²) in [4.78, 5) is 14.0. The van der Waals surface area contributed by atoms with Gasteiger partial charge in [-0.25, -0.2) is 4.79 Å². The van der Waals surface area contributed by atoms with Gasteiger partial charge in [0.15, 0.2) is 0 Å². The molecule has 3 aliphatic rings. The van der Waals surface area contributed by atoms with Gasteiger partial charge in [-0.2, -0.15) is 0 Å². The molecular formula is C26H30ClNO4. The van der Waals surface area contributed by atoms with Gasteiger partial charge in [-0.3, -0.25) is 0 Å². The van der Waals surface area contributed by atoms with E-state index in [-0.39, 0.29) is 23.0 Å². The van der Waals surface area contributed by atoms with Crippen LogP contribution in [0.1, 0.15) is 54.1 Å². The van der Waals surface area contributed by atoms with Crippen LogP contribution >= 0.6 is 11.6 Å². The molecule has 170 valence electrons. The summed E-state index contributed by atoms with van der Waals surface area (Å²) in [6.45, 7) is 4.42. The lowest BCUT2D eigenvalue weighted by atomic mass is 9.61. The number of fused-ring (bicyclic) bond motifs is 3. The van der Waals surface area contributed by atoms with Crippen LogP contribution in [-0.4, -0.2) is 42.5 Å². The molecule has 2 aliphatic carbocycles. The van der Waals surface area contributed by atoms with Crippen molar-refractivity contribution in [2.75, 3.05) is 31.2 Å². The number of benzene rings is 2. The van der Waals surface area contributed by atoms with Crippen molar-refractivity contribution in [3.8, 4) is 5.75 Å². The number of anilines is 1. The summed E-state index contributed by atoms with van der Waals surface area (Å²) >= 11 is 6.31. The highest BCUT2D eigenvalue weighted by molar-refractivity contribution is 6.30. The van der Waals surface area contributed by atoms with Crippen LogP contribution in [0, 0.1) is 11.3 Å². The number of aryl methyl sites for hydroxylation is 1. The van der Waals surface area contributed by atoms with Crippen molar-refractivity contribution in [3.05, 3.63) is 58.1 Å². The Kier molecular flexibility index (Phi) is 5.37. The summed E-state index contributed by atoms with van der Waals surface area (Å²) in [7, 11) is 0. The number of aliphatic hydroxyl groups is 1. The number of aromatic carboxylic acids is 1. The van der Waals surface area contributed by atoms with Crippen molar-refractivity contribution in [2.45, 2.75) is 44.4 Å². The van der Waals surface area contributed by atoms with E-state index in [4.69, 9.17) is 16.3 Å². The van der Waals surface area contributed by atoms with E-state index in [0.29, 0.717) is 12.5 Å². The Balaban J connectivity index is 1.57. The first kappa shape index (κ1) is 21.6. The number of hydrogen-bond donors (Lipinski definition) is 2. The van der Waals surface area contributed by atoms with Crippen LogP contribution in [0.4, 0.5) is 5.69 Å². The Morgan fingerprint density at radius 3 is 2.81 bits per heavy atom. The van der Waals surface area contributed by atoms with Crippen LogP contribution in [-0.2, 0) is 11.8 Å². The average Bonchev–Trinajstić information content (AvgIpc) is 2.93. The fourth-order valence-electron chi connectivity index (χ4n) is 5.87. The molecule has 6 heteroatoms. The zero-order valence-electron chi connectivity index (χ0n) is 18.4. The average molecular weight is 456 g/mol. The zero-order valence-corrected chi connectivity index (χ0v) is 19.2.